The van der Waals surface area contributed by atoms with E-state index in [2.05, 4.69) is 9.97 Å². The van der Waals surface area contributed by atoms with E-state index in [0.717, 1.165) is 36.3 Å². The van der Waals surface area contributed by atoms with Gasteiger partial charge in [0.25, 0.3) is 5.91 Å². The third kappa shape index (κ3) is 2.55. The molecule has 0 aromatic carbocycles. The Morgan fingerprint density at radius 3 is 2.96 bits per heavy atom. The molecule has 1 saturated heterocycles. The largest absolute Gasteiger partial charge is 0.329 e. The van der Waals surface area contributed by atoms with Gasteiger partial charge in [0.05, 0.1) is 11.7 Å². The number of imidazole rings is 1. The molecule has 24 heavy (non-hydrogen) atoms. The van der Waals surface area contributed by atoms with Crippen molar-refractivity contribution in [1.82, 2.24) is 19.3 Å². The Morgan fingerprint density at radius 1 is 1.25 bits per heavy atom. The highest BCUT2D eigenvalue weighted by molar-refractivity contribution is 5.93. The topological polar surface area (TPSA) is 76.5 Å². The fraction of sp³-hybridized carbons (Fsp3) is 0.278. The van der Waals surface area contributed by atoms with E-state index in [1.165, 1.54) is 0 Å². The minimum absolute atomic E-state index is 0.0307. The van der Waals surface area contributed by atoms with Crippen molar-refractivity contribution in [1.29, 1.82) is 0 Å². The van der Waals surface area contributed by atoms with E-state index in [4.69, 9.17) is 5.73 Å². The molecule has 6 heteroatoms. The second kappa shape index (κ2) is 6.05. The highest BCUT2D eigenvalue weighted by Gasteiger charge is 2.32. The van der Waals surface area contributed by atoms with E-state index in [1.807, 2.05) is 45.8 Å². The Labute approximate surface area is 139 Å². The van der Waals surface area contributed by atoms with Gasteiger partial charge >= 0.3 is 0 Å². The zero-order valence-corrected chi connectivity index (χ0v) is 13.3. The van der Waals surface area contributed by atoms with E-state index in [0.29, 0.717) is 12.2 Å². The van der Waals surface area contributed by atoms with Crippen LogP contribution in [0.2, 0.25) is 0 Å². The molecule has 0 saturated carbocycles. The van der Waals surface area contributed by atoms with Crippen LogP contribution in [-0.2, 0) is 6.54 Å². The van der Waals surface area contributed by atoms with Gasteiger partial charge in [0.1, 0.15) is 11.3 Å². The summed E-state index contributed by atoms with van der Waals surface area (Å²) in [5, 5.41) is 0. The SMILES string of the molecule is NCc1ccc2nc(C(=O)N3CCCC3c3ccccn3)cn2c1. The molecular formula is C18H19N5O. The molecule has 6 nitrogen and oxygen atoms in total. The first kappa shape index (κ1) is 14.8. The minimum atomic E-state index is -0.0406. The smallest absolute Gasteiger partial charge is 0.274 e. The van der Waals surface area contributed by atoms with Gasteiger partial charge in [-0.3, -0.25) is 9.78 Å². The van der Waals surface area contributed by atoms with Crippen LogP contribution in [-0.4, -0.2) is 31.7 Å². The average Bonchev–Trinajstić information content (AvgIpc) is 3.28. The molecule has 1 unspecified atom stereocenters. The number of pyridine rings is 2. The molecule has 4 heterocycles. The lowest BCUT2D eigenvalue weighted by Gasteiger charge is -2.23. The van der Waals surface area contributed by atoms with E-state index >= 15 is 0 Å². The van der Waals surface area contributed by atoms with Gasteiger partial charge in [0, 0.05) is 31.7 Å². The summed E-state index contributed by atoms with van der Waals surface area (Å²) >= 11 is 0. The lowest BCUT2D eigenvalue weighted by molar-refractivity contribution is 0.0727. The number of rotatable bonds is 3. The van der Waals surface area contributed by atoms with Crippen molar-refractivity contribution in [2.24, 2.45) is 5.73 Å². The molecule has 3 aromatic rings. The van der Waals surface area contributed by atoms with Crippen molar-refractivity contribution in [3.05, 3.63) is 65.9 Å². The standard InChI is InChI=1S/C18H19N5O/c19-10-13-6-7-17-21-15(12-22(17)11-13)18(24)23-9-3-5-16(23)14-4-1-2-8-20-14/h1-2,4,6-8,11-12,16H,3,5,9-10,19H2. The lowest BCUT2D eigenvalue weighted by Crippen LogP contribution is -2.31. The van der Waals surface area contributed by atoms with E-state index in [-0.39, 0.29) is 11.9 Å². The second-order valence-electron chi connectivity index (χ2n) is 6.04. The summed E-state index contributed by atoms with van der Waals surface area (Å²) in [5.74, 6) is -0.0406. The zero-order chi connectivity index (χ0) is 16.5. The summed E-state index contributed by atoms with van der Waals surface area (Å²) in [7, 11) is 0. The molecule has 1 aliphatic heterocycles. The molecule has 1 amide bonds. The number of aromatic nitrogens is 3. The predicted molar refractivity (Wildman–Crippen MR) is 90.3 cm³/mol. The predicted octanol–water partition coefficient (Wildman–Crippen LogP) is 2.17. The van der Waals surface area contributed by atoms with Gasteiger partial charge in [0.15, 0.2) is 0 Å². The first-order valence-electron chi connectivity index (χ1n) is 8.16. The van der Waals surface area contributed by atoms with E-state index < -0.39 is 0 Å². The molecule has 1 aliphatic rings. The third-order valence-electron chi connectivity index (χ3n) is 4.51. The molecule has 0 bridgehead atoms. The van der Waals surface area contributed by atoms with Gasteiger partial charge in [0.2, 0.25) is 0 Å². The highest BCUT2D eigenvalue weighted by Crippen LogP contribution is 2.31. The number of hydrogen-bond donors (Lipinski definition) is 1. The Balaban J connectivity index is 1.65. The monoisotopic (exact) mass is 321 g/mol. The van der Waals surface area contributed by atoms with E-state index in [9.17, 15) is 4.79 Å². The molecule has 0 spiro atoms. The van der Waals surface area contributed by atoms with Crippen LogP contribution < -0.4 is 5.73 Å². The summed E-state index contributed by atoms with van der Waals surface area (Å²) < 4.78 is 1.86. The summed E-state index contributed by atoms with van der Waals surface area (Å²) in [6.07, 6.45) is 7.39. The zero-order valence-electron chi connectivity index (χ0n) is 13.3. The van der Waals surface area contributed by atoms with Crippen LogP contribution in [0, 0.1) is 0 Å². The number of carbonyl (C=O) groups is 1. The Kier molecular flexibility index (Phi) is 3.74. The number of carbonyl (C=O) groups excluding carboxylic acids is 1. The van der Waals surface area contributed by atoms with Crippen molar-refractivity contribution in [2.75, 3.05) is 6.54 Å². The maximum atomic E-state index is 13.0. The number of hydrogen-bond acceptors (Lipinski definition) is 4. The average molecular weight is 321 g/mol. The maximum Gasteiger partial charge on any atom is 0.274 e. The fourth-order valence-corrected chi connectivity index (χ4v) is 3.30. The first-order valence-corrected chi connectivity index (χ1v) is 8.16. The number of likely N-dealkylation sites (tertiary alicyclic amines) is 1. The van der Waals surface area contributed by atoms with Gasteiger partial charge in [-0.2, -0.15) is 0 Å². The summed E-state index contributed by atoms with van der Waals surface area (Å²) in [6.45, 7) is 1.20. The van der Waals surface area contributed by atoms with Gasteiger partial charge in [-0.1, -0.05) is 12.1 Å². The Morgan fingerprint density at radius 2 is 2.17 bits per heavy atom. The van der Waals surface area contributed by atoms with Crippen LogP contribution in [0.1, 0.15) is 40.6 Å². The Bertz CT molecular complexity index is 874. The summed E-state index contributed by atoms with van der Waals surface area (Å²) in [6, 6.07) is 9.68. The molecule has 4 rings (SSSR count). The van der Waals surface area contributed by atoms with Crippen molar-refractivity contribution < 1.29 is 4.79 Å². The van der Waals surface area contributed by atoms with Gasteiger partial charge in [-0.15, -0.1) is 0 Å². The molecule has 122 valence electrons. The van der Waals surface area contributed by atoms with Crippen LogP contribution in [0.3, 0.4) is 0 Å². The molecule has 0 aliphatic carbocycles. The van der Waals surface area contributed by atoms with Crippen LogP contribution in [0.4, 0.5) is 0 Å². The number of nitrogens with two attached hydrogens (primary N) is 1. The van der Waals surface area contributed by atoms with Crippen molar-refractivity contribution in [3.8, 4) is 0 Å². The minimum Gasteiger partial charge on any atom is -0.329 e. The molecule has 0 radical (unpaired) electrons. The lowest BCUT2D eigenvalue weighted by atomic mass is 10.1. The molecule has 1 atom stereocenters. The normalized spacial score (nSPS) is 17.5. The molecular weight excluding hydrogens is 302 g/mol. The van der Waals surface area contributed by atoms with Crippen LogP contribution in [0.25, 0.3) is 5.65 Å². The quantitative estimate of drug-likeness (QED) is 0.802. The number of amides is 1. The fourth-order valence-electron chi connectivity index (χ4n) is 3.30. The molecule has 2 N–H and O–H groups in total. The van der Waals surface area contributed by atoms with Crippen LogP contribution in [0.5, 0.6) is 0 Å². The number of fused-ring (bicyclic) bond motifs is 1. The first-order chi connectivity index (χ1) is 11.8. The van der Waals surface area contributed by atoms with Crippen molar-refractivity contribution >= 4 is 11.6 Å². The third-order valence-corrected chi connectivity index (χ3v) is 4.51. The second-order valence-corrected chi connectivity index (χ2v) is 6.04. The van der Waals surface area contributed by atoms with Crippen LogP contribution >= 0.6 is 0 Å². The molecule has 1 fully saturated rings. The number of nitrogens with zero attached hydrogens (tertiary/aromatic N) is 4. The van der Waals surface area contributed by atoms with Gasteiger partial charge in [-0.25, -0.2) is 4.98 Å². The highest BCUT2D eigenvalue weighted by atomic mass is 16.2. The van der Waals surface area contributed by atoms with Gasteiger partial charge in [-0.05, 0) is 36.6 Å². The van der Waals surface area contributed by atoms with Crippen molar-refractivity contribution in [2.45, 2.75) is 25.4 Å². The summed E-state index contributed by atoms with van der Waals surface area (Å²) in [5.41, 5.74) is 8.84. The van der Waals surface area contributed by atoms with E-state index in [1.54, 1.807) is 12.4 Å². The van der Waals surface area contributed by atoms with Crippen LogP contribution in [0.15, 0.2) is 48.9 Å². The van der Waals surface area contributed by atoms with Crippen molar-refractivity contribution in [3.63, 3.8) is 0 Å². The van der Waals surface area contributed by atoms with Gasteiger partial charge < -0.3 is 15.0 Å². The Hall–Kier alpha value is -2.73. The molecule has 3 aromatic heterocycles. The maximum absolute atomic E-state index is 13.0. The summed E-state index contributed by atoms with van der Waals surface area (Å²) in [4.78, 5) is 23.7.